The molecule has 1 spiro atoms. The summed E-state index contributed by atoms with van der Waals surface area (Å²) in [7, 11) is 0.370. The van der Waals surface area contributed by atoms with Gasteiger partial charge in [0.2, 0.25) is 0 Å². The van der Waals surface area contributed by atoms with Crippen molar-refractivity contribution in [2.45, 2.75) is 12.1 Å². The van der Waals surface area contributed by atoms with Gasteiger partial charge in [0.25, 0.3) is 10.2 Å². The highest BCUT2D eigenvalue weighted by atomic mass is 32.2. The molecule has 0 atom stereocenters. The number of halogens is 1. The molecule has 0 radical (unpaired) electrons. The van der Waals surface area contributed by atoms with Crippen LogP contribution in [0, 0.1) is 5.82 Å². The normalized spacial score (nSPS) is 16.4. The number of rotatable bonds is 6. The Labute approximate surface area is 196 Å². The van der Waals surface area contributed by atoms with Crippen LogP contribution in [0.15, 0.2) is 36.4 Å². The van der Waals surface area contributed by atoms with Gasteiger partial charge in [-0.3, -0.25) is 9.62 Å². The van der Waals surface area contributed by atoms with Crippen LogP contribution in [0.25, 0.3) is 0 Å². The Morgan fingerprint density at radius 1 is 1.29 bits per heavy atom. The highest BCUT2D eigenvalue weighted by Gasteiger charge is 2.52. The minimum absolute atomic E-state index is 0.111. The van der Waals surface area contributed by atoms with E-state index in [1.807, 2.05) is 0 Å². The van der Waals surface area contributed by atoms with E-state index >= 15 is 4.39 Å². The average molecular weight is 494 g/mol. The van der Waals surface area contributed by atoms with Gasteiger partial charge in [-0.2, -0.15) is 8.42 Å². The zero-order chi connectivity index (χ0) is 24.7. The summed E-state index contributed by atoms with van der Waals surface area (Å²) in [5, 5.41) is 3.14. The largest absolute Gasteiger partial charge is 0.416 e. The Morgan fingerprint density at radius 2 is 2.03 bits per heavy atom. The summed E-state index contributed by atoms with van der Waals surface area (Å²) in [4.78, 5) is 27.5. The number of carbonyl (C=O) groups excluding carboxylic acids is 2. The molecule has 34 heavy (non-hydrogen) atoms. The van der Waals surface area contributed by atoms with Crippen LogP contribution >= 0.6 is 0 Å². The number of benzene rings is 2. The second-order valence-corrected chi connectivity index (χ2v) is 9.72. The molecule has 0 aliphatic carbocycles. The molecule has 0 unspecified atom stereocenters. The fourth-order valence-corrected chi connectivity index (χ4v) is 4.35. The van der Waals surface area contributed by atoms with Gasteiger partial charge in [0, 0.05) is 51.4 Å². The van der Waals surface area contributed by atoms with E-state index in [4.69, 9.17) is 9.47 Å². The first kappa shape index (κ1) is 23.7. The van der Waals surface area contributed by atoms with Gasteiger partial charge >= 0.3 is 12.2 Å². The molecule has 2 heterocycles. The van der Waals surface area contributed by atoms with Crippen molar-refractivity contribution in [1.82, 2.24) is 19.8 Å². The van der Waals surface area contributed by atoms with E-state index < -0.39 is 33.8 Å². The van der Waals surface area contributed by atoms with E-state index in [9.17, 15) is 18.0 Å². The van der Waals surface area contributed by atoms with Gasteiger partial charge in [0.05, 0.1) is 12.2 Å². The number of hydrogen-bond acceptors (Lipinski definition) is 7. The molecule has 0 saturated carbocycles. The molecule has 4 rings (SSSR count). The number of hydrogen-bond donors (Lipinski definition) is 3. The van der Waals surface area contributed by atoms with Gasteiger partial charge in [0.1, 0.15) is 17.0 Å². The Balaban J connectivity index is 1.64. The van der Waals surface area contributed by atoms with Crippen LogP contribution in [-0.4, -0.2) is 64.6 Å². The monoisotopic (exact) mass is 493 g/mol. The fourth-order valence-electron chi connectivity index (χ4n) is 3.80. The third-order valence-electron chi connectivity index (χ3n) is 5.71. The number of nitrogens with zero attached hydrogens (tertiary/aromatic N) is 2. The summed E-state index contributed by atoms with van der Waals surface area (Å²) in [6.45, 7) is 0.650. The number of amides is 2. The topological polar surface area (TPSA) is 129 Å². The molecular formula is C21H24FN5O6S. The molecule has 1 fully saturated rings. The lowest BCUT2D eigenvalue weighted by molar-refractivity contribution is 0.0185. The van der Waals surface area contributed by atoms with Crippen LogP contribution in [0.1, 0.15) is 11.1 Å². The molecule has 13 heteroatoms. The van der Waals surface area contributed by atoms with E-state index in [1.165, 1.54) is 41.1 Å². The molecule has 0 aromatic heterocycles. The highest BCUT2D eigenvalue weighted by molar-refractivity contribution is 7.90. The third-order valence-corrected chi connectivity index (χ3v) is 6.74. The summed E-state index contributed by atoms with van der Waals surface area (Å²) in [5.41, 5.74) is -0.255. The molecule has 182 valence electrons. The first-order valence-corrected chi connectivity index (χ1v) is 11.8. The molecule has 2 aromatic carbocycles. The molecule has 3 N–H and O–H groups in total. The van der Waals surface area contributed by atoms with Crippen molar-refractivity contribution < 1.29 is 31.9 Å². The van der Waals surface area contributed by atoms with Gasteiger partial charge in [-0.05, 0) is 18.2 Å². The lowest BCUT2D eigenvalue weighted by Crippen LogP contribution is -2.69. The van der Waals surface area contributed by atoms with Crippen molar-refractivity contribution in [3.05, 3.63) is 53.3 Å². The van der Waals surface area contributed by atoms with E-state index in [2.05, 4.69) is 14.8 Å². The number of carbonyl (C=O) groups is 2. The SMILES string of the molecule is CNS(=O)(=O)Nc1cccc(CN2C(=O)Oc3cc(OC(=O)N(C)C)ccc3C23CNC3)c1F. The maximum Gasteiger partial charge on any atom is 0.416 e. The smallest absolute Gasteiger partial charge is 0.410 e. The molecule has 2 amide bonds. The number of fused-ring (bicyclic) bond motifs is 2. The highest BCUT2D eigenvalue weighted by Crippen LogP contribution is 2.44. The van der Waals surface area contributed by atoms with Crippen molar-refractivity contribution in [2.24, 2.45) is 0 Å². The molecule has 2 aromatic rings. The second-order valence-electron chi connectivity index (χ2n) is 8.10. The van der Waals surface area contributed by atoms with Crippen molar-refractivity contribution in [3.63, 3.8) is 0 Å². The number of ether oxygens (including phenoxy) is 2. The van der Waals surface area contributed by atoms with Gasteiger partial charge in [-0.25, -0.2) is 18.7 Å². The molecular weight excluding hydrogens is 469 g/mol. The zero-order valence-electron chi connectivity index (χ0n) is 18.7. The van der Waals surface area contributed by atoms with E-state index in [0.29, 0.717) is 18.7 Å². The summed E-state index contributed by atoms with van der Waals surface area (Å²) >= 11 is 0. The minimum Gasteiger partial charge on any atom is -0.410 e. The van der Waals surface area contributed by atoms with Crippen molar-refractivity contribution in [2.75, 3.05) is 39.0 Å². The lowest BCUT2D eigenvalue weighted by atomic mass is 9.80. The van der Waals surface area contributed by atoms with Crippen molar-refractivity contribution in [3.8, 4) is 11.5 Å². The quantitative estimate of drug-likeness (QED) is 0.557. The Morgan fingerprint density at radius 3 is 2.65 bits per heavy atom. The first-order chi connectivity index (χ1) is 16.1. The molecule has 1 saturated heterocycles. The van der Waals surface area contributed by atoms with Crippen LogP contribution in [-0.2, 0) is 22.3 Å². The Bertz CT molecular complexity index is 1250. The van der Waals surface area contributed by atoms with Gasteiger partial charge in [-0.15, -0.1) is 0 Å². The van der Waals surface area contributed by atoms with Crippen LogP contribution in [0.3, 0.4) is 0 Å². The van der Waals surface area contributed by atoms with Gasteiger partial charge in [-0.1, -0.05) is 12.1 Å². The van der Waals surface area contributed by atoms with Gasteiger partial charge in [0.15, 0.2) is 5.82 Å². The zero-order valence-corrected chi connectivity index (χ0v) is 19.5. The van der Waals surface area contributed by atoms with Crippen LogP contribution in [0.2, 0.25) is 0 Å². The van der Waals surface area contributed by atoms with Crippen molar-refractivity contribution in [1.29, 1.82) is 0 Å². The lowest BCUT2D eigenvalue weighted by Gasteiger charge is -2.52. The summed E-state index contributed by atoms with van der Waals surface area (Å²) in [6.07, 6.45) is -1.28. The minimum atomic E-state index is -3.92. The number of anilines is 1. The van der Waals surface area contributed by atoms with E-state index in [0.717, 1.165) is 0 Å². The Hall–Kier alpha value is -3.42. The fraction of sp³-hybridized carbons (Fsp3) is 0.333. The van der Waals surface area contributed by atoms with Crippen LogP contribution in [0.4, 0.5) is 19.7 Å². The summed E-state index contributed by atoms with van der Waals surface area (Å²) in [5.74, 6) is -0.326. The standard InChI is InChI=1S/C21H24FN5O6S/c1-23-34(30,31)25-16-6-4-5-13(18(16)22)10-27-20(29)33-17-9-14(32-19(28)26(2)3)7-8-15(17)21(27)11-24-12-21/h4-9,23-25H,10-12H2,1-3H3. The third kappa shape index (κ3) is 4.24. The molecule has 2 aliphatic rings. The Kier molecular flexibility index (Phi) is 6.10. The number of nitrogens with one attached hydrogen (secondary N) is 3. The first-order valence-electron chi connectivity index (χ1n) is 10.3. The van der Waals surface area contributed by atoms with Crippen LogP contribution in [0.5, 0.6) is 11.5 Å². The predicted octanol–water partition coefficient (Wildman–Crippen LogP) is 1.58. The maximum absolute atomic E-state index is 15.1. The van der Waals surface area contributed by atoms with Crippen LogP contribution < -0.4 is 24.2 Å². The second kappa shape index (κ2) is 8.74. The molecule has 11 nitrogen and oxygen atoms in total. The average Bonchev–Trinajstić information content (AvgIpc) is 2.75. The van der Waals surface area contributed by atoms with Gasteiger partial charge < -0.3 is 19.7 Å². The summed E-state index contributed by atoms with van der Waals surface area (Å²) < 4.78 is 53.6. The molecule has 2 aliphatic heterocycles. The summed E-state index contributed by atoms with van der Waals surface area (Å²) in [6, 6.07) is 9.03. The maximum atomic E-state index is 15.1. The van der Waals surface area contributed by atoms with Crippen molar-refractivity contribution >= 4 is 28.1 Å². The molecule has 0 bridgehead atoms. The van der Waals surface area contributed by atoms with E-state index in [1.54, 1.807) is 26.2 Å². The van der Waals surface area contributed by atoms with E-state index in [-0.39, 0.29) is 29.3 Å². The predicted molar refractivity (Wildman–Crippen MR) is 120 cm³/mol.